The van der Waals surface area contributed by atoms with Crippen molar-refractivity contribution in [1.82, 2.24) is 4.90 Å². The maximum absolute atomic E-state index is 12.9. The second-order valence-electron chi connectivity index (χ2n) is 7.05. The van der Waals surface area contributed by atoms with Crippen LogP contribution in [0.25, 0.3) is 0 Å². The fourth-order valence-electron chi connectivity index (χ4n) is 3.18. The topological polar surface area (TPSA) is 61.8 Å². The van der Waals surface area contributed by atoms with Crippen molar-refractivity contribution in [3.8, 4) is 0 Å². The van der Waals surface area contributed by atoms with Crippen molar-refractivity contribution in [2.24, 2.45) is 4.99 Å². The summed E-state index contributed by atoms with van der Waals surface area (Å²) >= 11 is 1.34. The summed E-state index contributed by atoms with van der Waals surface area (Å²) in [7, 11) is 0. The van der Waals surface area contributed by atoms with Crippen LogP contribution in [0.5, 0.6) is 0 Å². The highest BCUT2D eigenvalue weighted by molar-refractivity contribution is 8.15. The first kappa shape index (κ1) is 20.9. The lowest BCUT2D eigenvalue weighted by molar-refractivity contribution is -0.127. The van der Waals surface area contributed by atoms with Gasteiger partial charge in [0.15, 0.2) is 5.17 Å². The summed E-state index contributed by atoms with van der Waals surface area (Å²) in [6, 6.07) is 13.6. The number of nitrogens with one attached hydrogen (secondary N) is 1. The van der Waals surface area contributed by atoms with Gasteiger partial charge in [-0.15, -0.1) is 6.58 Å². The zero-order valence-corrected chi connectivity index (χ0v) is 17.8. The van der Waals surface area contributed by atoms with Gasteiger partial charge in [-0.25, -0.2) is 4.99 Å². The van der Waals surface area contributed by atoms with Crippen LogP contribution in [0.1, 0.15) is 23.1 Å². The van der Waals surface area contributed by atoms with Gasteiger partial charge in [0.2, 0.25) is 11.8 Å². The SMILES string of the molecule is C=CCN1C(=O)[C@H](CC(=O)Nc2ccccc2C)SC1=Nc1c(C)cccc1C. The Kier molecular flexibility index (Phi) is 6.54. The molecule has 1 N–H and O–H groups in total. The van der Waals surface area contributed by atoms with Crippen LogP contribution in [-0.2, 0) is 9.59 Å². The van der Waals surface area contributed by atoms with E-state index in [1.54, 1.807) is 11.0 Å². The van der Waals surface area contributed by atoms with Gasteiger partial charge in [0, 0.05) is 18.7 Å². The molecule has 0 saturated carbocycles. The number of thioether (sulfide) groups is 1. The summed E-state index contributed by atoms with van der Waals surface area (Å²) in [6.07, 6.45) is 1.77. The van der Waals surface area contributed by atoms with Gasteiger partial charge in [0.05, 0.1) is 5.69 Å². The molecule has 150 valence electrons. The molecule has 5 nitrogen and oxygen atoms in total. The molecule has 2 amide bonds. The molecule has 1 atom stereocenters. The molecule has 1 aliphatic rings. The lowest BCUT2D eigenvalue weighted by atomic mass is 10.1. The smallest absolute Gasteiger partial charge is 0.242 e. The highest BCUT2D eigenvalue weighted by Crippen LogP contribution is 2.33. The van der Waals surface area contributed by atoms with Crippen LogP contribution >= 0.6 is 11.8 Å². The number of hydrogen-bond donors (Lipinski definition) is 1. The lowest BCUT2D eigenvalue weighted by Gasteiger charge is -2.15. The molecular formula is C23H25N3O2S. The molecule has 2 aromatic carbocycles. The number of amidine groups is 1. The van der Waals surface area contributed by atoms with Crippen LogP contribution in [0, 0.1) is 20.8 Å². The minimum absolute atomic E-state index is 0.0945. The predicted octanol–water partition coefficient (Wildman–Crippen LogP) is 4.76. The van der Waals surface area contributed by atoms with E-state index in [9.17, 15) is 9.59 Å². The Morgan fingerprint density at radius 2 is 1.79 bits per heavy atom. The van der Waals surface area contributed by atoms with E-state index in [2.05, 4.69) is 11.9 Å². The Morgan fingerprint density at radius 1 is 1.14 bits per heavy atom. The standard InChI is InChI=1S/C23H25N3O2S/c1-5-13-26-22(28)19(14-20(27)24-18-12-7-6-9-15(18)2)29-23(26)25-21-16(3)10-8-11-17(21)4/h5-12,19H,1,13-14H2,2-4H3,(H,24,27)/t19-/m0/s1. The molecule has 0 bridgehead atoms. The summed E-state index contributed by atoms with van der Waals surface area (Å²) < 4.78 is 0. The Bertz CT molecular complexity index is 964. The minimum Gasteiger partial charge on any atom is -0.326 e. The third kappa shape index (κ3) is 4.77. The van der Waals surface area contributed by atoms with Crippen LogP contribution < -0.4 is 5.32 Å². The van der Waals surface area contributed by atoms with Gasteiger partial charge in [0.25, 0.3) is 0 Å². The van der Waals surface area contributed by atoms with Crippen LogP contribution in [0.15, 0.2) is 60.1 Å². The number of aryl methyl sites for hydroxylation is 3. The Hall–Kier alpha value is -2.86. The molecule has 29 heavy (non-hydrogen) atoms. The number of anilines is 1. The summed E-state index contributed by atoms with van der Waals surface area (Å²) in [6.45, 7) is 10.1. The molecule has 0 aromatic heterocycles. The van der Waals surface area contributed by atoms with Crippen LogP contribution in [0.3, 0.4) is 0 Å². The van der Waals surface area contributed by atoms with Crippen molar-refractivity contribution in [3.63, 3.8) is 0 Å². The lowest BCUT2D eigenvalue weighted by Crippen LogP contribution is -2.33. The van der Waals surface area contributed by atoms with Crippen molar-refractivity contribution in [1.29, 1.82) is 0 Å². The Balaban J connectivity index is 1.80. The van der Waals surface area contributed by atoms with Gasteiger partial charge in [0.1, 0.15) is 5.25 Å². The van der Waals surface area contributed by atoms with Gasteiger partial charge in [-0.1, -0.05) is 54.2 Å². The Morgan fingerprint density at radius 3 is 2.45 bits per heavy atom. The van der Waals surface area contributed by atoms with Gasteiger partial charge >= 0.3 is 0 Å². The van der Waals surface area contributed by atoms with E-state index < -0.39 is 5.25 Å². The molecule has 0 unspecified atom stereocenters. The fraction of sp³-hybridized carbons (Fsp3) is 0.261. The van der Waals surface area contributed by atoms with Crippen LogP contribution in [0.4, 0.5) is 11.4 Å². The molecule has 1 saturated heterocycles. The molecule has 1 heterocycles. The first-order chi connectivity index (χ1) is 13.9. The molecule has 2 aromatic rings. The third-order valence-electron chi connectivity index (χ3n) is 4.77. The van der Waals surface area contributed by atoms with Crippen molar-refractivity contribution in [3.05, 3.63) is 71.8 Å². The maximum atomic E-state index is 12.9. The number of benzene rings is 2. The largest absolute Gasteiger partial charge is 0.326 e. The molecule has 0 radical (unpaired) electrons. The van der Waals surface area contributed by atoms with E-state index in [-0.39, 0.29) is 18.2 Å². The number of hydrogen-bond acceptors (Lipinski definition) is 4. The van der Waals surface area contributed by atoms with E-state index in [0.29, 0.717) is 11.7 Å². The first-order valence-corrected chi connectivity index (χ1v) is 10.4. The molecule has 1 fully saturated rings. The summed E-state index contributed by atoms with van der Waals surface area (Å²) in [5.74, 6) is -0.295. The molecular weight excluding hydrogens is 382 g/mol. The van der Waals surface area contributed by atoms with Crippen molar-refractivity contribution in [2.45, 2.75) is 32.4 Å². The summed E-state index contributed by atoms with van der Waals surface area (Å²) in [5, 5.41) is 3.02. The molecule has 3 rings (SSSR count). The van der Waals surface area contributed by atoms with E-state index in [1.165, 1.54) is 11.8 Å². The number of aliphatic imine (C=N–C) groups is 1. The first-order valence-electron chi connectivity index (χ1n) is 9.50. The molecule has 1 aliphatic heterocycles. The third-order valence-corrected chi connectivity index (χ3v) is 5.94. The van der Waals surface area contributed by atoms with Gasteiger partial charge in [-0.2, -0.15) is 0 Å². The van der Waals surface area contributed by atoms with Crippen molar-refractivity contribution < 1.29 is 9.59 Å². The van der Waals surface area contributed by atoms with Gasteiger partial charge in [-0.05, 0) is 43.5 Å². The van der Waals surface area contributed by atoms with E-state index in [4.69, 9.17) is 4.99 Å². The number of carbonyl (C=O) groups is 2. The average molecular weight is 408 g/mol. The van der Waals surface area contributed by atoms with E-state index in [0.717, 1.165) is 28.1 Å². The summed E-state index contributed by atoms with van der Waals surface area (Å²) in [4.78, 5) is 31.8. The summed E-state index contributed by atoms with van der Waals surface area (Å²) in [5.41, 5.74) is 4.70. The van der Waals surface area contributed by atoms with Crippen molar-refractivity contribution >= 4 is 40.1 Å². The second-order valence-corrected chi connectivity index (χ2v) is 8.22. The normalized spacial score (nSPS) is 17.6. The monoisotopic (exact) mass is 407 g/mol. The molecule has 0 spiro atoms. The predicted molar refractivity (Wildman–Crippen MR) is 121 cm³/mol. The van der Waals surface area contributed by atoms with Gasteiger partial charge in [-0.3, -0.25) is 14.5 Å². The minimum atomic E-state index is -0.498. The number of nitrogens with zero attached hydrogens (tertiary/aromatic N) is 2. The highest BCUT2D eigenvalue weighted by atomic mass is 32.2. The zero-order chi connectivity index (χ0) is 21.0. The van der Waals surface area contributed by atoms with Crippen LogP contribution in [0.2, 0.25) is 0 Å². The maximum Gasteiger partial charge on any atom is 0.242 e. The van der Waals surface area contributed by atoms with Gasteiger partial charge < -0.3 is 5.32 Å². The quantitative estimate of drug-likeness (QED) is 0.703. The van der Waals surface area contributed by atoms with Crippen molar-refractivity contribution in [2.75, 3.05) is 11.9 Å². The fourth-order valence-corrected chi connectivity index (χ4v) is 4.34. The number of amides is 2. The zero-order valence-electron chi connectivity index (χ0n) is 16.9. The highest BCUT2D eigenvalue weighted by Gasteiger charge is 2.38. The molecule has 6 heteroatoms. The molecule has 0 aliphatic carbocycles. The number of carbonyl (C=O) groups excluding carboxylic acids is 2. The second kappa shape index (κ2) is 9.09. The van der Waals surface area contributed by atoms with E-state index in [1.807, 2.05) is 63.2 Å². The number of para-hydroxylation sites is 2. The van der Waals surface area contributed by atoms with Crippen LogP contribution in [-0.4, -0.2) is 33.7 Å². The number of rotatable bonds is 6. The average Bonchev–Trinajstić information content (AvgIpc) is 2.96. The van der Waals surface area contributed by atoms with E-state index >= 15 is 0 Å². The Labute approximate surface area is 175 Å².